The third kappa shape index (κ3) is 3.43. The van der Waals surface area contributed by atoms with Crippen molar-refractivity contribution in [2.75, 3.05) is 52.9 Å². The van der Waals surface area contributed by atoms with Crippen LogP contribution in [-0.4, -0.2) is 74.6 Å². The molecular weight excluding hydrogens is 204 g/mol. The van der Waals surface area contributed by atoms with E-state index >= 15 is 0 Å². The van der Waals surface area contributed by atoms with Gasteiger partial charge in [0.1, 0.15) is 0 Å². The Hall–Kier alpha value is -0.650. The standard InChI is InChI=1S/C11H22N4O/c1-14-5-2-10(8-14)13-11(16)9-15-6-3-12-4-7-15/h10,12H,2-9H2,1H3,(H,13,16). The predicted octanol–water partition coefficient (Wildman–Crippen LogP) is -1.29. The Kier molecular flexibility index (Phi) is 4.15. The lowest BCUT2D eigenvalue weighted by molar-refractivity contribution is -0.123. The van der Waals surface area contributed by atoms with Gasteiger partial charge in [-0.15, -0.1) is 0 Å². The largest absolute Gasteiger partial charge is 0.351 e. The maximum atomic E-state index is 11.8. The number of carbonyl (C=O) groups is 1. The third-order valence-electron chi connectivity index (χ3n) is 3.33. The van der Waals surface area contributed by atoms with Crippen LogP contribution in [0.2, 0.25) is 0 Å². The number of hydrogen-bond acceptors (Lipinski definition) is 4. The topological polar surface area (TPSA) is 47.6 Å². The highest BCUT2D eigenvalue weighted by molar-refractivity contribution is 5.78. The molecule has 0 aromatic carbocycles. The maximum absolute atomic E-state index is 11.8. The minimum atomic E-state index is 0.183. The van der Waals surface area contributed by atoms with Crippen LogP contribution in [0, 0.1) is 0 Å². The van der Waals surface area contributed by atoms with Crippen LogP contribution in [0.1, 0.15) is 6.42 Å². The summed E-state index contributed by atoms with van der Waals surface area (Å²) in [5, 5.41) is 6.40. The first kappa shape index (κ1) is 11.8. The van der Waals surface area contributed by atoms with Crippen LogP contribution in [-0.2, 0) is 4.79 Å². The lowest BCUT2D eigenvalue weighted by atomic mass is 10.2. The van der Waals surface area contributed by atoms with E-state index in [1.807, 2.05) is 0 Å². The summed E-state index contributed by atoms with van der Waals surface area (Å²) in [6.07, 6.45) is 1.09. The SMILES string of the molecule is CN1CCC(NC(=O)CN2CCNCC2)C1. The molecule has 2 aliphatic heterocycles. The molecule has 5 nitrogen and oxygen atoms in total. The van der Waals surface area contributed by atoms with Gasteiger partial charge in [-0.1, -0.05) is 0 Å². The highest BCUT2D eigenvalue weighted by Crippen LogP contribution is 2.05. The second-order valence-electron chi connectivity index (χ2n) is 4.84. The molecule has 5 heteroatoms. The van der Waals surface area contributed by atoms with Gasteiger partial charge in [0, 0.05) is 38.8 Å². The van der Waals surface area contributed by atoms with Gasteiger partial charge in [0.05, 0.1) is 6.54 Å². The van der Waals surface area contributed by atoms with E-state index < -0.39 is 0 Å². The molecule has 0 spiro atoms. The number of likely N-dealkylation sites (tertiary alicyclic amines) is 1. The van der Waals surface area contributed by atoms with Crippen molar-refractivity contribution in [1.29, 1.82) is 0 Å². The normalized spacial score (nSPS) is 28.2. The number of likely N-dealkylation sites (N-methyl/N-ethyl adjacent to an activating group) is 1. The minimum Gasteiger partial charge on any atom is -0.351 e. The Bertz CT molecular complexity index is 231. The van der Waals surface area contributed by atoms with Gasteiger partial charge in [-0.25, -0.2) is 0 Å². The number of carbonyl (C=O) groups excluding carboxylic acids is 1. The molecule has 1 unspecified atom stereocenters. The molecule has 1 atom stereocenters. The molecule has 0 aromatic heterocycles. The van der Waals surface area contributed by atoms with Crippen molar-refractivity contribution in [1.82, 2.24) is 20.4 Å². The van der Waals surface area contributed by atoms with E-state index in [1.54, 1.807) is 0 Å². The predicted molar refractivity (Wildman–Crippen MR) is 63.4 cm³/mol. The van der Waals surface area contributed by atoms with Crippen molar-refractivity contribution in [3.05, 3.63) is 0 Å². The van der Waals surface area contributed by atoms with Crippen LogP contribution in [0.25, 0.3) is 0 Å². The maximum Gasteiger partial charge on any atom is 0.234 e. The Morgan fingerprint density at radius 2 is 2.12 bits per heavy atom. The number of rotatable bonds is 3. The molecule has 2 fully saturated rings. The zero-order valence-electron chi connectivity index (χ0n) is 10.0. The second-order valence-corrected chi connectivity index (χ2v) is 4.84. The monoisotopic (exact) mass is 226 g/mol. The number of amides is 1. The molecule has 92 valence electrons. The highest BCUT2D eigenvalue weighted by Gasteiger charge is 2.22. The van der Waals surface area contributed by atoms with Gasteiger partial charge in [-0.3, -0.25) is 9.69 Å². The fourth-order valence-corrected chi connectivity index (χ4v) is 2.40. The van der Waals surface area contributed by atoms with Crippen LogP contribution in [0.3, 0.4) is 0 Å². The van der Waals surface area contributed by atoms with Crippen molar-refractivity contribution in [2.45, 2.75) is 12.5 Å². The van der Waals surface area contributed by atoms with Gasteiger partial charge in [0.25, 0.3) is 0 Å². The molecule has 2 saturated heterocycles. The first-order valence-electron chi connectivity index (χ1n) is 6.15. The van der Waals surface area contributed by atoms with Crippen molar-refractivity contribution in [3.63, 3.8) is 0 Å². The van der Waals surface area contributed by atoms with Gasteiger partial charge < -0.3 is 15.5 Å². The lowest BCUT2D eigenvalue weighted by Crippen LogP contribution is -2.49. The average Bonchev–Trinajstić information content (AvgIpc) is 2.65. The number of nitrogens with one attached hydrogen (secondary N) is 2. The molecule has 0 saturated carbocycles. The van der Waals surface area contributed by atoms with E-state index in [0.717, 1.165) is 45.7 Å². The molecule has 2 rings (SSSR count). The van der Waals surface area contributed by atoms with Crippen molar-refractivity contribution in [2.24, 2.45) is 0 Å². The number of piperazine rings is 1. The first-order valence-corrected chi connectivity index (χ1v) is 6.15. The third-order valence-corrected chi connectivity index (χ3v) is 3.33. The molecular formula is C11H22N4O. The summed E-state index contributed by atoms with van der Waals surface area (Å²) < 4.78 is 0. The quantitative estimate of drug-likeness (QED) is 0.629. The van der Waals surface area contributed by atoms with Gasteiger partial charge in [0.15, 0.2) is 0 Å². The van der Waals surface area contributed by atoms with Gasteiger partial charge in [0.2, 0.25) is 5.91 Å². The molecule has 2 aliphatic rings. The van der Waals surface area contributed by atoms with Crippen LogP contribution < -0.4 is 10.6 Å². The first-order chi connectivity index (χ1) is 7.74. The Balaban J connectivity index is 1.67. The van der Waals surface area contributed by atoms with Gasteiger partial charge in [-0.05, 0) is 20.0 Å². The average molecular weight is 226 g/mol. The zero-order chi connectivity index (χ0) is 11.4. The molecule has 2 N–H and O–H groups in total. The molecule has 0 radical (unpaired) electrons. The highest BCUT2D eigenvalue weighted by atomic mass is 16.2. The molecule has 0 aliphatic carbocycles. The van der Waals surface area contributed by atoms with E-state index in [0.29, 0.717) is 12.6 Å². The van der Waals surface area contributed by atoms with Gasteiger partial charge in [-0.2, -0.15) is 0 Å². The summed E-state index contributed by atoms with van der Waals surface area (Å²) in [4.78, 5) is 16.3. The number of nitrogens with zero attached hydrogens (tertiary/aromatic N) is 2. The van der Waals surface area contributed by atoms with Crippen LogP contribution in [0.4, 0.5) is 0 Å². The molecule has 0 aromatic rings. The van der Waals surface area contributed by atoms with E-state index in [-0.39, 0.29) is 5.91 Å². The minimum absolute atomic E-state index is 0.183. The molecule has 1 amide bonds. The zero-order valence-corrected chi connectivity index (χ0v) is 10.0. The molecule has 0 bridgehead atoms. The van der Waals surface area contributed by atoms with Crippen LogP contribution in [0.15, 0.2) is 0 Å². The van der Waals surface area contributed by atoms with Crippen LogP contribution >= 0.6 is 0 Å². The van der Waals surface area contributed by atoms with Crippen LogP contribution in [0.5, 0.6) is 0 Å². The summed E-state index contributed by atoms with van der Waals surface area (Å²) >= 11 is 0. The molecule has 16 heavy (non-hydrogen) atoms. The lowest BCUT2D eigenvalue weighted by Gasteiger charge is -2.27. The smallest absolute Gasteiger partial charge is 0.234 e. The Morgan fingerprint density at radius 3 is 2.75 bits per heavy atom. The number of hydrogen-bond donors (Lipinski definition) is 2. The fourth-order valence-electron chi connectivity index (χ4n) is 2.40. The van der Waals surface area contributed by atoms with E-state index in [2.05, 4.69) is 27.5 Å². The van der Waals surface area contributed by atoms with Crippen molar-refractivity contribution in [3.8, 4) is 0 Å². The molecule has 2 heterocycles. The summed E-state index contributed by atoms with van der Waals surface area (Å²) in [5.41, 5.74) is 0. The van der Waals surface area contributed by atoms with Crippen molar-refractivity contribution >= 4 is 5.91 Å². The van der Waals surface area contributed by atoms with Crippen molar-refractivity contribution < 1.29 is 4.79 Å². The van der Waals surface area contributed by atoms with Gasteiger partial charge >= 0.3 is 0 Å². The summed E-state index contributed by atoms with van der Waals surface area (Å²) in [5.74, 6) is 0.183. The fraction of sp³-hybridized carbons (Fsp3) is 0.909. The second kappa shape index (κ2) is 5.61. The van der Waals surface area contributed by atoms with E-state index in [9.17, 15) is 4.79 Å². The summed E-state index contributed by atoms with van der Waals surface area (Å²) in [6, 6.07) is 0.361. The summed E-state index contributed by atoms with van der Waals surface area (Å²) in [6.45, 7) is 6.61. The van der Waals surface area contributed by atoms with E-state index in [4.69, 9.17) is 0 Å². The summed E-state index contributed by atoms with van der Waals surface area (Å²) in [7, 11) is 2.10. The Morgan fingerprint density at radius 1 is 1.38 bits per heavy atom. The Labute approximate surface area is 97.2 Å². The van der Waals surface area contributed by atoms with E-state index in [1.165, 1.54) is 0 Å².